The smallest absolute Gasteiger partial charge is 0.255 e. The molecule has 1 aromatic carbocycles. The van der Waals surface area contributed by atoms with Gasteiger partial charge in [0.25, 0.3) is 5.91 Å². The van der Waals surface area contributed by atoms with Gasteiger partial charge in [0.1, 0.15) is 22.8 Å². The molecule has 230 valence electrons. The molecule has 1 amide bonds. The quantitative estimate of drug-likeness (QED) is 0.273. The van der Waals surface area contributed by atoms with Crippen molar-refractivity contribution < 1.29 is 34.8 Å². The first-order valence-electron chi connectivity index (χ1n) is 15.2. The maximum Gasteiger partial charge on any atom is 0.255 e. The second kappa shape index (κ2) is 9.79. The van der Waals surface area contributed by atoms with Gasteiger partial charge in [-0.15, -0.1) is 0 Å². The molecule has 11 heteroatoms. The fourth-order valence-corrected chi connectivity index (χ4v) is 10.3. The van der Waals surface area contributed by atoms with E-state index in [1.165, 1.54) is 43.1 Å². The van der Waals surface area contributed by atoms with E-state index < -0.39 is 58.0 Å². The minimum atomic E-state index is -2.66. The Bertz CT molecular complexity index is 1500. The number of nitrogens with one attached hydrogen (secondary N) is 1. The van der Waals surface area contributed by atoms with Crippen molar-refractivity contribution in [2.24, 2.45) is 41.2 Å². The Labute approximate surface area is 254 Å². The summed E-state index contributed by atoms with van der Waals surface area (Å²) < 4.78 is 0. The van der Waals surface area contributed by atoms with E-state index in [1.54, 1.807) is 14.1 Å². The number of likely N-dealkylation sites (N-methyl/N-ethyl adjacent to an activating group) is 1. The number of aromatic hydroxyl groups is 1. The van der Waals surface area contributed by atoms with Crippen LogP contribution >= 0.6 is 11.6 Å². The van der Waals surface area contributed by atoms with Crippen molar-refractivity contribution in [2.45, 2.75) is 69.2 Å². The zero-order valence-corrected chi connectivity index (χ0v) is 25.0. The predicted molar refractivity (Wildman–Crippen MR) is 157 cm³/mol. The summed E-state index contributed by atoms with van der Waals surface area (Å²) in [5.41, 5.74) is 2.92. The van der Waals surface area contributed by atoms with Gasteiger partial charge in [-0.1, -0.05) is 11.6 Å². The number of aliphatic hydroxyl groups is 3. The molecule has 0 saturated heterocycles. The first kappa shape index (κ1) is 28.8. The first-order valence-corrected chi connectivity index (χ1v) is 15.6. The number of hydrogen-bond acceptors (Lipinski definition) is 9. The largest absolute Gasteiger partial charge is 0.508 e. The number of fused-ring (bicyclic) bond motifs is 3. The van der Waals surface area contributed by atoms with Gasteiger partial charge in [0, 0.05) is 29.1 Å². The van der Waals surface area contributed by atoms with Gasteiger partial charge in [0.05, 0.1) is 11.6 Å². The molecule has 0 radical (unpaired) electrons. The predicted octanol–water partition coefficient (Wildman–Crippen LogP) is 2.53. The summed E-state index contributed by atoms with van der Waals surface area (Å²) in [6.45, 7) is 0.460. The molecule has 0 spiro atoms. The van der Waals surface area contributed by atoms with Crippen LogP contribution in [0.2, 0.25) is 5.02 Å². The molecule has 4 atom stereocenters. The number of aliphatic hydroxyl groups excluding tert-OH is 2. The SMILES string of the molecule is CN(C)[C@@H]1C(=O)C(C(N)=O)=C(O)[C@@]2(O)C(=O)C3=C(O)c4c(O)cc(CNC5C6CC7CC(C6)CC5C7)c(Cl)c4C[C@H]3C[C@@H]12. The lowest BCUT2D eigenvalue weighted by atomic mass is 9.54. The van der Waals surface area contributed by atoms with Crippen LogP contribution in [0.1, 0.15) is 55.2 Å². The Kier molecular flexibility index (Phi) is 6.56. The molecule has 10 nitrogen and oxygen atoms in total. The van der Waals surface area contributed by atoms with Gasteiger partial charge in [-0.25, -0.2) is 0 Å². The van der Waals surface area contributed by atoms with Crippen LogP contribution in [0.15, 0.2) is 23.0 Å². The summed E-state index contributed by atoms with van der Waals surface area (Å²) >= 11 is 6.96. The second-order valence-corrected chi connectivity index (χ2v) is 14.4. The van der Waals surface area contributed by atoms with Crippen LogP contribution in [-0.4, -0.2) is 74.6 Å². The molecule has 5 fully saturated rings. The highest BCUT2D eigenvalue weighted by molar-refractivity contribution is 6.32. The molecule has 0 aromatic heterocycles. The van der Waals surface area contributed by atoms with Crippen LogP contribution in [0.4, 0.5) is 0 Å². The Morgan fingerprint density at radius 3 is 2.28 bits per heavy atom. The molecule has 5 saturated carbocycles. The Morgan fingerprint density at radius 2 is 1.70 bits per heavy atom. The normalized spacial score (nSPS) is 38.0. The summed E-state index contributed by atoms with van der Waals surface area (Å²) in [4.78, 5) is 40.9. The number of ketones is 2. The third-order valence-corrected chi connectivity index (χ3v) is 12.0. The fourth-order valence-electron chi connectivity index (χ4n) is 9.96. The van der Waals surface area contributed by atoms with Crippen LogP contribution in [-0.2, 0) is 27.3 Å². The lowest BCUT2D eigenvalue weighted by Crippen LogP contribution is -2.65. The number of rotatable bonds is 5. The molecule has 0 heterocycles. The fraction of sp³-hybridized carbons (Fsp3) is 0.594. The van der Waals surface area contributed by atoms with Gasteiger partial charge in [-0.05, 0) is 106 Å². The number of nitrogens with two attached hydrogens (primary N) is 1. The zero-order valence-electron chi connectivity index (χ0n) is 24.3. The van der Waals surface area contributed by atoms with E-state index in [0.717, 1.165) is 11.8 Å². The topological polar surface area (TPSA) is 173 Å². The van der Waals surface area contributed by atoms with E-state index in [2.05, 4.69) is 5.32 Å². The van der Waals surface area contributed by atoms with Crippen molar-refractivity contribution in [2.75, 3.05) is 14.1 Å². The number of halogens is 1. The van der Waals surface area contributed by atoms with Crippen molar-refractivity contribution in [3.8, 4) is 5.75 Å². The highest BCUT2D eigenvalue weighted by Gasteiger charge is 2.64. The Morgan fingerprint density at radius 1 is 1.07 bits per heavy atom. The van der Waals surface area contributed by atoms with E-state index in [-0.39, 0.29) is 29.7 Å². The van der Waals surface area contributed by atoms with Crippen molar-refractivity contribution in [1.82, 2.24) is 10.2 Å². The van der Waals surface area contributed by atoms with Crippen molar-refractivity contribution in [1.29, 1.82) is 0 Å². The van der Waals surface area contributed by atoms with Crippen LogP contribution in [0.25, 0.3) is 5.76 Å². The van der Waals surface area contributed by atoms with Gasteiger partial charge in [-0.2, -0.15) is 0 Å². The third kappa shape index (κ3) is 3.99. The first-order chi connectivity index (χ1) is 20.3. The number of hydrogen-bond donors (Lipinski definition) is 6. The van der Waals surface area contributed by atoms with Gasteiger partial charge in [-0.3, -0.25) is 19.3 Å². The monoisotopic (exact) mass is 611 g/mol. The number of carbonyl (C=O) groups excluding carboxylic acids is 3. The molecular formula is C32H38ClN3O7. The summed E-state index contributed by atoms with van der Waals surface area (Å²) in [5.74, 6) is -3.71. The Hall–Kier alpha value is -2.92. The number of primary amides is 1. The third-order valence-electron chi connectivity index (χ3n) is 11.5. The summed E-state index contributed by atoms with van der Waals surface area (Å²) in [6.07, 6.45) is 6.63. The van der Waals surface area contributed by atoms with Crippen LogP contribution in [0.5, 0.6) is 5.75 Å². The lowest BCUT2D eigenvalue weighted by molar-refractivity contribution is -0.153. The molecule has 7 N–H and O–H groups in total. The average molecular weight is 612 g/mol. The summed E-state index contributed by atoms with van der Waals surface area (Å²) in [6, 6.07) is 0.794. The number of phenols is 1. The van der Waals surface area contributed by atoms with Crippen LogP contribution < -0.4 is 11.1 Å². The van der Waals surface area contributed by atoms with Gasteiger partial charge in [0.2, 0.25) is 5.78 Å². The number of carbonyl (C=O) groups is 3. The van der Waals surface area contributed by atoms with E-state index in [0.29, 0.717) is 40.6 Å². The van der Waals surface area contributed by atoms with Crippen molar-refractivity contribution in [3.05, 3.63) is 44.7 Å². The minimum absolute atomic E-state index is 0.0136. The van der Waals surface area contributed by atoms with E-state index in [1.807, 2.05) is 0 Å². The second-order valence-electron chi connectivity index (χ2n) is 14.0. The van der Waals surface area contributed by atoms with Crippen molar-refractivity contribution in [3.63, 3.8) is 0 Å². The molecule has 7 aliphatic carbocycles. The van der Waals surface area contributed by atoms with E-state index in [9.17, 15) is 34.8 Å². The van der Waals surface area contributed by atoms with E-state index >= 15 is 0 Å². The molecule has 0 aliphatic heterocycles. The number of benzene rings is 1. The van der Waals surface area contributed by atoms with Crippen LogP contribution in [0.3, 0.4) is 0 Å². The standard InChI is InChI=1S/C32H38ClN3O7/c1-36(2)26-19-9-14-8-18-22(27(38)21(14)29(40)32(19,43)30(41)23(28(26)39)31(34)42)20(37)10-17(24(18)33)11-35-25-15-4-12-3-13(6-15)7-16(25)5-12/h10,12-16,19,25-26,35,37-38,41,43H,3-9,11H2,1-2H3,(H2,34,42)/t12?,13?,14-,15?,16?,19-,25?,26-,32-/m0/s1. The van der Waals surface area contributed by atoms with Gasteiger partial charge >= 0.3 is 0 Å². The van der Waals surface area contributed by atoms with Crippen molar-refractivity contribution >= 4 is 34.8 Å². The number of phenolic OH excluding ortho intramolecular Hbond substituents is 1. The molecule has 43 heavy (non-hydrogen) atoms. The summed E-state index contributed by atoms with van der Waals surface area (Å²) in [7, 11) is 3.15. The number of Topliss-reactive ketones (excluding diaryl/α,β-unsaturated/α-hetero) is 2. The zero-order chi connectivity index (χ0) is 30.7. The number of nitrogens with zero attached hydrogens (tertiary/aromatic N) is 1. The maximum atomic E-state index is 14.0. The Balaban J connectivity index is 1.25. The minimum Gasteiger partial charge on any atom is -0.508 e. The number of amides is 1. The molecule has 1 aromatic rings. The molecule has 4 bridgehead atoms. The average Bonchev–Trinajstić information content (AvgIpc) is 2.92. The molecule has 8 rings (SSSR count). The molecule has 0 unspecified atom stereocenters. The van der Waals surface area contributed by atoms with Gasteiger partial charge < -0.3 is 31.5 Å². The van der Waals surface area contributed by atoms with Crippen LogP contribution in [0, 0.1) is 35.5 Å². The van der Waals surface area contributed by atoms with E-state index in [4.69, 9.17) is 17.3 Å². The maximum absolute atomic E-state index is 14.0. The highest BCUT2D eigenvalue weighted by Crippen LogP contribution is 2.55. The summed E-state index contributed by atoms with van der Waals surface area (Å²) in [5, 5.41) is 49.4. The molecule has 7 aliphatic rings. The highest BCUT2D eigenvalue weighted by atomic mass is 35.5. The van der Waals surface area contributed by atoms with Gasteiger partial charge in [0.15, 0.2) is 11.4 Å². The molecular weight excluding hydrogens is 574 g/mol. The lowest BCUT2D eigenvalue weighted by Gasteiger charge is -2.54.